The molecule has 1 aliphatic heterocycles. The van der Waals surface area contributed by atoms with E-state index < -0.39 is 0 Å². The lowest BCUT2D eigenvalue weighted by atomic mass is 10.0. The summed E-state index contributed by atoms with van der Waals surface area (Å²) in [6.45, 7) is 8.29. The quantitative estimate of drug-likeness (QED) is 0.829. The molecule has 116 valence electrons. The monoisotopic (exact) mass is 288 g/mol. The van der Waals surface area contributed by atoms with Crippen LogP contribution in [0, 0.1) is 5.92 Å². The van der Waals surface area contributed by atoms with Crippen molar-refractivity contribution >= 4 is 11.6 Å². The molecule has 0 aromatic heterocycles. The van der Waals surface area contributed by atoms with E-state index in [0.717, 1.165) is 38.0 Å². The van der Waals surface area contributed by atoms with E-state index in [2.05, 4.69) is 44.0 Å². The fraction of sp³-hybridized carbons (Fsp3) is 0.611. The number of carbonyl (C=O) groups excluding carboxylic acids is 1. The molecule has 0 saturated carbocycles. The molecule has 3 nitrogen and oxygen atoms in total. The number of anilines is 1. The van der Waals surface area contributed by atoms with Gasteiger partial charge in [0, 0.05) is 12.2 Å². The Kier molecular flexibility index (Phi) is 5.40. The standard InChI is InChI=1S/C18H28N2O/c1-14(2)11-13-19(4)15(3)18(21)20-12-7-9-16-8-5-6-10-17(16)20/h5-6,8,10,14-15H,7,9,11-13H2,1-4H3/t15-/m1/s1. The summed E-state index contributed by atoms with van der Waals surface area (Å²) in [7, 11) is 2.06. The topological polar surface area (TPSA) is 23.6 Å². The number of hydrogen-bond acceptors (Lipinski definition) is 2. The van der Waals surface area contributed by atoms with Gasteiger partial charge in [0.25, 0.3) is 0 Å². The molecule has 1 aromatic rings. The van der Waals surface area contributed by atoms with Gasteiger partial charge in [0.05, 0.1) is 6.04 Å². The predicted octanol–water partition coefficient (Wildman–Crippen LogP) is 3.33. The normalized spacial score (nSPS) is 16.2. The van der Waals surface area contributed by atoms with Crippen LogP contribution in [0.25, 0.3) is 0 Å². The number of likely N-dealkylation sites (N-methyl/N-ethyl adjacent to an activating group) is 1. The minimum atomic E-state index is -0.0603. The number of amides is 1. The zero-order chi connectivity index (χ0) is 15.4. The number of carbonyl (C=O) groups is 1. The second kappa shape index (κ2) is 7.08. The Bertz CT molecular complexity index is 484. The van der Waals surface area contributed by atoms with E-state index in [0.29, 0.717) is 5.92 Å². The van der Waals surface area contributed by atoms with E-state index in [9.17, 15) is 4.79 Å². The second-order valence-electron chi connectivity index (χ2n) is 6.56. The fourth-order valence-electron chi connectivity index (χ4n) is 2.83. The van der Waals surface area contributed by atoms with Crippen molar-refractivity contribution in [1.29, 1.82) is 0 Å². The molecule has 0 unspecified atom stereocenters. The highest BCUT2D eigenvalue weighted by Crippen LogP contribution is 2.27. The average molecular weight is 288 g/mol. The van der Waals surface area contributed by atoms with Gasteiger partial charge < -0.3 is 4.90 Å². The highest BCUT2D eigenvalue weighted by atomic mass is 16.2. The maximum absolute atomic E-state index is 12.8. The summed E-state index contributed by atoms with van der Waals surface area (Å²) in [5.41, 5.74) is 2.41. The average Bonchev–Trinajstić information content (AvgIpc) is 2.50. The van der Waals surface area contributed by atoms with E-state index in [1.54, 1.807) is 0 Å². The fourth-order valence-corrected chi connectivity index (χ4v) is 2.83. The number of rotatable bonds is 5. The summed E-state index contributed by atoms with van der Waals surface area (Å²) in [5, 5.41) is 0. The van der Waals surface area contributed by atoms with Crippen molar-refractivity contribution in [1.82, 2.24) is 4.90 Å². The van der Waals surface area contributed by atoms with Gasteiger partial charge in [-0.3, -0.25) is 9.69 Å². The zero-order valence-electron chi connectivity index (χ0n) is 13.8. The molecule has 1 aliphatic rings. The molecule has 0 N–H and O–H groups in total. The Hall–Kier alpha value is -1.35. The largest absolute Gasteiger partial charge is 0.311 e. The first kappa shape index (κ1) is 16.0. The third-order valence-electron chi connectivity index (χ3n) is 4.45. The molecule has 0 saturated heterocycles. The van der Waals surface area contributed by atoms with Crippen molar-refractivity contribution in [2.24, 2.45) is 5.92 Å². The van der Waals surface area contributed by atoms with Gasteiger partial charge in [-0.25, -0.2) is 0 Å². The van der Waals surface area contributed by atoms with E-state index in [4.69, 9.17) is 0 Å². The van der Waals surface area contributed by atoms with Crippen LogP contribution in [0.3, 0.4) is 0 Å². The lowest BCUT2D eigenvalue weighted by Gasteiger charge is -2.34. The first-order chi connectivity index (χ1) is 10.0. The van der Waals surface area contributed by atoms with Crippen LogP contribution in [0.15, 0.2) is 24.3 Å². The Balaban J connectivity index is 2.06. The maximum Gasteiger partial charge on any atom is 0.244 e. The van der Waals surface area contributed by atoms with Crippen molar-refractivity contribution in [2.75, 3.05) is 25.0 Å². The molecule has 0 radical (unpaired) electrons. The Morgan fingerprint density at radius 1 is 1.29 bits per heavy atom. The molecule has 1 aromatic carbocycles. The van der Waals surface area contributed by atoms with Crippen molar-refractivity contribution in [3.8, 4) is 0 Å². The minimum absolute atomic E-state index is 0.0603. The first-order valence-electron chi connectivity index (χ1n) is 8.10. The van der Waals surface area contributed by atoms with E-state index in [-0.39, 0.29) is 11.9 Å². The lowest BCUT2D eigenvalue weighted by molar-refractivity contribution is -0.123. The predicted molar refractivity (Wildman–Crippen MR) is 88.7 cm³/mol. The molecular weight excluding hydrogens is 260 g/mol. The third kappa shape index (κ3) is 3.85. The van der Waals surface area contributed by atoms with Crippen LogP contribution in [0.5, 0.6) is 0 Å². The smallest absolute Gasteiger partial charge is 0.244 e. The van der Waals surface area contributed by atoms with Crippen LogP contribution >= 0.6 is 0 Å². The molecule has 0 aliphatic carbocycles. The molecule has 1 atom stereocenters. The van der Waals surface area contributed by atoms with Gasteiger partial charge in [-0.1, -0.05) is 32.0 Å². The van der Waals surface area contributed by atoms with E-state index in [1.807, 2.05) is 17.9 Å². The molecule has 0 spiro atoms. The summed E-state index contributed by atoms with van der Waals surface area (Å²) in [6, 6.07) is 8.24. The van der Waals surface area contributed by atoms with Crippen molar-refractivity contribution in [3.05, 3.63) is 29.8 Å². The van der Waals surface area contributed by atoms with Crippen LogP contribution in [0.2, 0.25) is 0 Å². The number of nitrogens with zero attached hydrogens (tertiary/aromatic N) is 2. The second-order valence-corrected chi connectivity index (χ2v) is 6.56. The number of benzene rings is 1. The molecular formula is C18H28N2O. The summed E-state index contributed by atoms with van der Waals surface area (Å²) in [5.74, 6) is 0.902. The first-order valence-corrected chi connectivity index (χ1v) is 8.10. The molecule has 1 amide bonds. The van der Waals surface area contributed by atoms with Crippen molar-refractivity contribution in [3.63, 3.8) is 0 Å². The van der Waals surface area contributed by atoms with Crippen LogP contribution in [0.1, 0.15) is 39.2 Å². The summed E-state index contributed by atoms with van der Waals surface area (Å²) < 4.78 is 0. The number of hydrogen-bond donors (Lipinski definition) is 0. The van der Waals surface area contributed by atoms with Crippen LogP contribution in [0.4, 0.5) is 5.69 Å². The Labute approximate surface area is 128 Å². The summed E-state index contributed by atoms with van der Waals surface area (Å²) >= 11 is 0. The van der Waals surface area contributed by atoms with Crippen molar-refractivity contribution in [2.45, 2.75) is 46.1 Å². The highest BCUT2D eigenvalue weighted by Gasteiger charge is 2.27. The van der Waals surface area contributed by atoms with Gasteiger partial charge in [-0.15, -0.1) is 0 Å². The number of para-hydroxylation sites is 1. The van der Waals surface area contributed by atoms with Gasteiger partial charge in [-0.05, 0) is 57.3 Å². The van der Waals surface area contributed by atoms with Gasteiger partial charge in [-0.2, -0.15) is 0 Å². The lowest BCUT2D eigenvalue weighted by Crippen LogP contribution is -2.47. The summed E-state index contributed by atoms with van der Waals surface area (Å²) in [4.78, 5) is 17.0. The molecule has 2 rings (SSSR count). The molecule has 0 bridgehead atoms. The van der Waals surface area contributed by atoms with E-state index >= 15 is 0 Å². The van der Waals surface area contributed by atoms with Crippen LogP contribution < -0.4 is 4.90 Å². The SMILES string of the molecule is CC(C)CCN(C)[C@H](C)C(=O)N1CCCc2ccccc21. The van der Waals surface area contributed by atoms with Crippen LogP contribution in [-0.4, -0.2) is 37.0 Å². The maximum atomic E-state index is 12.8. The van der Waals surface area contributed by atoms with Gasteiger partial charge >= 0.3 is 0 Å². The molecule has 21 heavy (non-hydrogen) atoms. The van der Waals surface area contributed by atoms with Crippen LogP contribution in [-0.2, 0) is 11.2 Å². The van der Waals surface area contributed by atoms with Gasteiger partial charge in [0.2, 0.25) is 5.91 Å². The van der Waals surface area contributed by atoms with E-state index in [1.165, 1.54) is 5.56 Å². The van der Waals surface area contributed by atoms with Gasteiger partial charge in [0.1, 0.15) is 0 Å². The number of fused-ring (bicyclic) bond motifs is 1. The third-order valence-corrected chi connectivity index (χ3v) is 4.45. The van der Waals surface area contributed by atoms with Gasteiger partial charge in [0.15, 0.2) is 0 Å². The minimum Gasteiger partial charge on any atom is -0.311 e. The summed E-state index contributed by atoms with van der Waals surface area (Å²) in [6.07, 6.45) is 3.27. The number of aryl methyl sites for hydroxylation is 1. The van der Waals surface area contributed by atoms with Crippen molar-refractivity contribution < 1.29 is 4.79 Å². The molecule has 1 heterocycles. The Morgan fingerprint density at radius 3 is 2.71 bits per heavy atom. The zero-order valence-corrected chi connectivity index (χ0v) is 13.8. The molecule has 3 heteroatoms. The molecule has 0 fully saturated rings. The Morgan fingerprint density at radius 2 is 2.00 bits per heavy atom. The highest BCUT2D eigenvalue weighted by molar-refractivity contribution is 5.97.